The van der Waals surface area contributed by atoms with Crippen LogP contribution in [0.25, 0.3) is 10.8 Å². The molecule has 2 N–H and O–H groups in total. The van der Waals surface area contributed by atoms with Crippen LogP contribution in [0.4, 0.5) is 10.8 Å². The van der Waals surface area contributed by atoms with Crippen molar-refractivity contribution in [1.29, 1.82) is 0 Å². The molecule has 1 aromatic heterocycles. The summed E-state index contributed by atoms with van der Waals surface area (Å²) in [5.74, 6) is -0.284. The van der Waals surface area contributed by atoms with Gasteiger partial charge in [-0.05, 0) is 54.4 Å². The number of aryl methyl sites for hydroxylation is 1. The van der Waals surface area contributed by atoms with Gasteiger partial charge in [-0.2, -0.15) is 0 Å². The normalized spacial score (nSPS) is 11.8. The van der Waals surface area contributed by atoms with Gasteiger partial charge in [0.25, 0.3) is 5.91 Å². The first-order valence-corrected chi connectivity index (χ1v) is 11.9. The third-order valence-corrected chi connectivity index (χ3v) is 6.91. The molecule has 32 heavy (non-hydrogen) atoms. The molecule has 8 heteroatoms. The molecular weight excluding hydrogens is 440 g/mol. The summed E-state index contributed by atoms with van der Waals surface area (Å²) >= 11 is 2.80. The van der Waals surface area contributed by atoms with Crippen LogP contribution in [-0.4, -0.2) is 27.3 Å². The van der Waals surface area contributed by atoms with Crippen molar-refractivity contribution in [1.82, 2.24) is 10.2 Å². The van der Waals surface area contributed by atoms with Gasteiger partial charge in [0, 0.05) is 16.1 Å². The lowest BCUT2D eigenvalue weighted by Crippen LogP contribution is -2.24. The van der Waals surface area contributed by atoms with E-state index in [0.29, 0.717) is 22.8 Å². The van der Waals surface area contributed by atoms with Gasteiger partial charge in [0.15, 0.2) is 0 Å². The predicted octanol–water partition coefficient (Wildman–Crippen LogP) is 5.76. The van der Waals surface area contributed by atoms with E-state index in [2.05, 4.69) is 20.8 Å². The molecule has 1 unspecified atom stereocenters. The lowest BCUT2D eigenvalue weighted by atomic mass is 10.1. The number of carbonyl (C=O) groups is 2. The number of carbonyl (C=O) groups excluding carboxylic acids is 2. The lowest BCUT2D eigenvalue weighted by molar-refractivity contribution is -0.115. The largest absolute Gasteiger partial charge is 0.322 e. The number of rotatable bonds is 7. The fourth-order valence-electron chi connectivity index (χ4n) is 3.20. The second-order valence-electron chi connectivity index (χ2n) is 7.17. The van der Waals surface area contributed by atoms with E-state index in [9.17, 15) is 9.59 Å². The highest BCUT2D eigenvalue weighted by atomic mass is 32.2. The van der Waals surface area contributed by atoms with Crippen molar-refractivity contribution >= 4 is 56.5 Å². The van der Waals surface area contributed by atoms with Crippen molar-refractivity contribution in [3.63, 3.8) is 0 Å². The molecule has 0 bridgehead atoms. The Hall–Kier alpha value is -3.23. The quantitative estimate of drug-likeness (QED) is 0.341. The molecule has 4 rings (SSSR count). The number of fused-ring (bicyclic) bond motifs is 1. The Bertz CT molecular complexity index is 1270. The van der Waals surface area contributed by atoms with Crippen LogP contribution in [-0.2, 0) is 4.79 Å². The number of nitrogens with zero attached hydrogens (tertiary/aromatic N) is 2. The molecule has 0 aliphatic heterocycles. The molecule has 0 fully saturated rings. The van der Waals surface area contributed by atoms with Crippen LogP contribution < -0.4 is 10.6 Å². The molecule has 2 amide bonds. The molecule has 6 nitrogen and oxygen atoms in total. The summed E-state index contributed by atoms with van der Waals surface area (Å²) < 4.78 is 0. The van der Waals surface area contributed by atoms with Gasteiger partial charge in [-0.25, -0.2) is 0 Å². The monoisotopic (exact) mass is 462 g/mol. The van der Waals surface area contributed by atoms with Gasteiger partial charge in [0.1, 0.15) is 5.01 Å². The van der Waals surface area contributed by atoms with E-state index in [-0.39, 0.29) is 17.1 Å². The summed E-state index contributed by atoms with van der Waals surface area (Å²) in [5, 5.41) is 16.8. The number of aromatic nitrogens is 2. The molecule has 4 aromatic rings. The number of anilines is 2. The maximum Gasteiger partial charge on any atom is 0.255 e. The van der Waals surface area contributed by atoms with E-state index >= 15 is 0 Å². The first kappa shape index (κ1) is 22.0. The van der Waals surface area contributed by atoms with Gasteiger partial charge < -0.3 is 5.32 Å². The topological polar surface area (TPSA) is 84.0 Å². The van der Waals surface area contributed by atoms with Gasteiger partial charge in [-0.3, -0.25) is 14.9 Å². The maximum atomic E-state index is 12.8. The van der Waals surface area contributed by atoms with Crippen LogP contribution in [0.15, 0.2) is 71.6 Å². The molecule has 0 saturated heterocycles. The first-order valence-electron chi connectivity index (χ1n) is 10.2. The Kier molecular flexibility index (Phi) is 6.82. The second-order valence-corrected chi connectivity index (χ2v) is 9.63. The Morgan fingerprint density at radius 3 is 2.53 bits per heavy atom. The van der Waals surface area contributed by atoms with Crippen molar-refractivity contribution in [3.8, 4) is 0 Å². The summed E-state index contributed by atoms with van der Waals surface area (Å²) in [6.45, 7) is 3.81. The first-order chi connectivity index (χ1) is 15.5. The average molecular weight is 463 g/mol. The fourth-order valence-corrected chi connectivity index (χ4v) is 4.81. The number of nitrogens with one attached hydrogen (secondary N) is 2. The molecule has 0 saturated carbocycles. The van der Waals surface area contributed by atoms with Crippen LogP contribution in [0.3, 0.4) is 0 Å². The number of thioether (sulfide) groups is 1. The van der Waals surface area contributed by atoms with Crippen LogP contribution in [0.1, 0.15) is 28.7 Å². The third-order valence-electron chi connectivity index (χ3n) is 4.80. The average Bonchev–Trinajstić information content (AvgIpc) is 3.21. The number of benzene rings is 3. The molecule has 3 aromatic carbocycles. The van der Waals surface area contributed by atoms with E-state index in [4.69, 9.17) is 0 Å². The van der Waals surface area contributed by atoms with Crippen LogP contribution in [0, 0.1) is 6.92 Å². The highest BCUT2D eigenvalue weighted by molar-refractivity contribution is 8.00. The van der Waals surface area contributed by atoms with Gasteiger partial charge in [0.05, 0.1) is 5.25 Å². The zero-order valence-electron chi connectivity index (χ0n) is 17.7. The van der Waals surface area contributed by atoms with E-state index in [1.54, 1.807) is 0 Å². The summed E-state index contributed by atoms with van der Waals surface area (Å²) in [6.07, 6.45) is 0.655. The lowest BCUT2D eigenvalue weighted by Gasteiger charge is -2.14. The van der Waals surface area contributed by atoms with Gasteiger partial charge >= 0.3 is 0 Å². The third kappa shape index (κ3) is 5.33. The Labute approximate surface area is 194 Å². The van der Waals surface area contributed by atoms with E-state index in [1.807, 2.05) is 80.6 Å². The zero-order chi connectivity index (χ0) is 22.5. The van der Waals surface area contributed by atoms with Crippen LogP contribution in [0.2, 0.25) is 0 Å². The molecule has 162 valence electrons. The minimum absolute atomic E-state index is 0.112. The van der Waals surface area contributed by atoms with Crippen LogP contribution in [0.5, 0.6) is 0 Å². The molecule has 1 heterocycles. The summed E-state index contributed by atoms with van der Waals surface area (Å²) in [6, 6.07) is 21.1. The number of amides is 2. The van der Waals surface area contributed by atoms with E-state index in [0.717, 1.165) is 20.7 Å². The van der Waals surface area contributed by atoms with Crippen molar-refractivity contribution in [3.05, 3.63) is 77.3 Å². The molecule has 0 aliphatic carbocycles. The van der Waals surface area contributed by atoms with Gasteiger partial charge in [-0.15, -0.1) is 22.0 Å². The Balaban J connectivity index is 1.43. The van der Waals surface area contributed by atoms with Crippen molar-refractivity contribution < 1.29 is 9.59 Å². The summed E-state index contributed by atoms with van der Waals surface area (Å²) in [5.41, 5.74) is 1.28. The van der Waals surface area contributed by atoms with Crippen molar-refractivity contribution in [2.24, 2.45) is 0 Å². The highest BCUT2D eigenvalue weighted by Gasteiger charge is 2.20. The summed E-state index contributed by atoms with van der Waals surface area (Å²) in [7, 11) is 0. The van der Waals surface area contributed by atoms with Gasteiger partial charge in [-0.1, -0.05) is 54.7 Å². The van der Waals surface area contributed by atoms with Gasteiger partial charge in [0.2, 0.25) is 11.0 Å². The summed E-state index contributed by atoms with van der Waals surface area (Å²) in [4.78, 5) is 26.3. The Morgan fingerprint density at radius 2 is 1.78 bits per heavy atom. The molecule has 0 radical (unpaired) electrons. The second kappa shape index (κ2) is 9.93. The molecule has 1 atom stereocenters. The predicted molar refractivity (Wildman–Crippen MR) is 132 cm³/mol. The van der Waals surface area contributed by atoms with E-state index < -0.39 is 0 Å². The fraction of sp³-hybridized carbons (Fsp3) is 0.167. The zero-order valence-corrected chi connectivity index (χ0v) is 19.3. The van der Waals surface area contributed by atoms with Crippen molar-refractivity contribution in [2.45, 2.75) is 30.4 Å². The SMILES string of the molecule is CCC(Sc1cccc(NC(=O)c2ccc3ccccc3c2)c1)C(=O)Nc1nnc(C)s1. The van der Waals surface area contributed by atoms with Crippen molar-refractivity contribution in [2.75, 3.05) is 10.6 Å². The minimum Gasteiger partial charge on any atom is -0.322 e. The number of hydrogen-bond acceptors (Lipinski definition) is 6. The molecular formula is C24H22N4O2S2. The minimum atomic E-state index is -0.286. The molecule has 0 spiro atoms. The smallest absolute Gasteiger partial charge is 0.255 e. The van der Waals surface area contributed by atoms with Crippen LogP contribution >= 0.6 is 23.1 Å². The molecule has 0 aliphatic rings. The standard InChI is InChI=1S/C24H22N4O2S2/c1-3-21(23(30)26-24-28-27-15(2)31-24)32-20-10-6-9-19(14-20)25-22(29)18-12-11-16-7-4-5-8-17(16)13-18/h4-14,21H,3H2,1-2H3,(H,25,29)(H,26,28,30). The maximum absolute atomic E-state index is 12.8. The Morgan fingerprint density at radius 1 is 0.969 bits per heavy atom. The highest BCUT2D eigenvalue weighted by Crippen LogP contribution is 2.29. The number of hydrogen-bond donors (Lipinski definition) is 2. The van der Waals surface area contributed by atoms with E-state index in [1.165, 1.54) is 23.1 Å².